The highest BCUT2D eigenvalue weighted by molar-refractivity contribution is 9.09. The molecular formula is C16H22BrNO2. The van der Waals surface area contributed by atoms with Crippen molar-refractivity contribution < 1.29 is 9.53 Å². The normalized spacial score (nSPS) is 22.9. The van der Waals surface area contributed by atoms with Crippen molar-refractivity contribution in [3.63, 3.8) is 0 Å². The van der Waals surface area contributed by atoms with Crippen LogP contribution in [0.4, 0.5) is 0 Å². The number of hydrogen-bond donors (Lipinski definition) is 1. The summed E-state index contributed by atoms with van der Waals surface area (Å²) in [5, 5.41) is 3.16. The number of alkyl halides is 1. The lowest BCUT2D eigenvalue weighted by atomic mass is 10.1. The monoisotopic (exact) mass is 339 g/mol. The molecule has 1 N–H and O–H groups in total. The smallest absolute Gasteiger partial charge is 0.255 e. The number of ether oxygens (including phenoxy) is 1. The van der Waals surface area contributed by atoms with Gasteiger partial charge in [0.1, 0.15) is 5.75 Å². The van der Waals surface area contributed by atoms with E-state index in [0.29, 0.717) is 22.7 Å². The maximum Gasteiger partial charge on any atom is 0.255 e. The largest absolute Gasteiger partial charge is 0.493 e. The molecule has 1 aliphatic carbocycles. The summed E-state index contributed by atoms with van der Waals surface area (Å²) in [6.07, 6.45) is 5.83. The van der Waals surface area contributed by atoms with Crippen LogP contribution in [-0.4, -0.2) is 23.4 Å². The zero-order valence-electron chi connectivity index (χ0n) is 11.9. The maximum absolute atomic E-state index is 12.5. The zero-order chi connectivity index (χ0) is 14.4. The second-order valence-electron chi connectivity index (χ2n) is 5.16. The van der Waals surface area contributed by atoms with E-state index in [1.165, 1.54) is 19.3 Å². The minimum absolute atomic E-state index is 0.0367. The molecule has 110 valence electrons. The van der Waals surface area contributed by atoms with Crippen LogP contribution in [0, 0.1) is 0 Å². The predicted octanol–water partition coefficient (Wildman–Crippen LogP) is 3.91. The molecule has 4 heteroatoms. The fourth-order valence-corrected chi connectivity index (χ4v) is 3.33. The lowest BCUT2D eigenvalue weighted by Gasteiger charge is -2.22. The molecule has 0 aromatic heterocycles. The Morgan fingerprint density at radius 1 is 1.30 bits per heavy atom. The van der Waals surface area contributed by atoms with Gasteiger partial charge in [0.15, 0.2) is 0 Å². The fourth-order valence-electron chi connectivity index (χ4n) is 2.61. The molecule has 0 spiro atoms. The first-order chi connectivity index (χ1) is 9.72. The first-order valence-electron chi connectivity index (χ1n) is 7.39. The van der Waals surface area contributed by atoms with Crippen LogP contribution in [-0.2, 0) is 0 Å². The molecule has 0 aliphatic heterocycles. The molecule has 2 rings (SSSR count). The van der Waals surface area contributed by atoms with Crippen LogP contribution >= 0.6 is 15.9 Å². The molecule has 20 heavy (non-hydrogen) atoms. The number of para-hydroxylation sites is 1. The van der Waals surface area contributed by atoms with Crippen molar-refractivity contribution in [1.82, 2.24) is 5.32 Å². The van der Waals surface area contributed by atoms with E-state index in [1.54, 1.807) is 0 Å². The van der Waals surface area contributed by atoms with Crippen molar-refractivity contribution >= 4 is 21.8 Å². The van der Waals surface area contributed by atoms with Crippen molar-refractivity contribution in [2.75, 3.05) is 6.61 Å². The number of carbonyl (C=O) groups is 1. The zero-order valence-corrected chi connectivity index (χ0v) is 13.5. The van der Waals surface area contributed by atoms with Gasteiger partial charge in [-0.25, -0.2) is 0 Å². The van der Waals surface area contributed by atoms with Crippen molar-refractivity contribution in [3.8, 4) is 5.75 Å². The molecule has 1 aliphatic rings. The molecular weight excluding hydrogens is 318 g/mol. The molecule has 3 nitrogen and oxygen atoms in total. The van der Waals surface area contributed by atoms with E-state index in [4.69, 9.17) is 4.74 Å². The third kappa shape index (κ3) is 3.98. The molecule has 1 aromatic rings. The Morgan fingerprint density at radius 2 is 2.05 bits per heavy atom. The number of benzene rings is 1. The number of hydrogen-bond acceptors (Lipinski definition) is 2. The number of rotatable bonds is 4. The van der Waals surface area contributed by atoms with E-state index in [9.17, 15) is 4.79 Å². The fraction of sp³-hybridized carbons (Fsp3) is 0.562. The van der Waals surface area contributed by atoms with Crippen LogP contribution < -0.4 is 10.1 Å². The average Bonchev–Trinajstić information content (AvgIpc) is 2.65. The van der Waals surface area contributed by atoms with E-state index in [2.05, 4.69) is 21.2 Å². The van der Waals surface area contributed by atoms with Gasteiger partial charge in [-0.2, -0.15) is 0 Å². The summed E-state index contributed by atoms with van der Waals surface area (Å²) in [7, 11) is 0. The van der Waals surface area contributed by atoms with Crippen LogP contribution in [0.3, 0.4) is 0 Å². The Bertz CT molecular complexity index is 450. The van der Waals surface area contributed by atoms with Gasteiger partial charge in [0.05, 0.1) is 12.2 Å². The predicted molar refractivity (Wildman–Crippen MR) is 84.7 cm³/mol. The van der Waals surface area contributed by atoms with Crippen molar-refractivity contribution in [3.05, 3.63) is 29.8 Å². The van der Waals surface area contributed by atoms with Gasteiger partial charge in [-0.05, 0) is 31.9 Å². The average molecular weight is 340 g/mol. The van der Waals surface area contributed by atoms with Gasteiger partial charge in [0, 0.05) is 10.9 Å². The van der Waals surface area contributed by atoms with E-state index in [0.717, 1.165) is 12.8 Å². The van der Waals surface area contributed by atoms with Gasteiger partial charge in [-0.3, -0.25) is 4.79 Å². The summed E-state index contributed by atoms with van der Waals surface area (Å²) in [6.45, 7) is 2.49. The third-order valence-corrected chi connectivity index (χ3v) is 4.78. The summed E-state index contributed by atoms with van der Waals surface area (Å²) >= 11 is 3.71. The van der Waals surface area contributed by atoms with Gasteiger partial charge < -0.3 is 10.1 Å². The highest BCUT2D eigenvalue weighted by Crippen LogP contribution is 2.25. The number of halogens is 1. The summed E-state index contributed by atoms with van der Waals surface area (Å²) in [6, 6.07) is 7.63. The minimum atomic E-state index is -0.0367. The number of carbonyl (C=O) groups excluding carboxylic acids is 1. The van der Waals surface area contributed by atoms with Crippen LogP contribution in [0.2, 0.25) is 0 Å². The Labute approximate surface area is 129 Å². The van der Waals surface area contributed by atoms with Crippen LogP contribution in [0.15, 0.2) is 24.3 Å². The second-order valence-corrected chi connectivity index (χ2v) is 6.34. The van der Waals surface area contributed by atoms with Crippen molar-refractivity contribution in [2.45, 2.75) is 49.9 Å². The lowest BCUT2D eigenvalue weighted by Crippen LogP contribution is -2.40. The van der Waals surface area contributed by atoms with E-state index in [1.807, 2.05) is 31.2 Å². The van der Waals surface area contributed by atoms with E-state index >= 15 is 0 Å². The molecule has 0 saturated heterocycles. The maximum atomic E-state index is 12.5. The molecule has 0 heterocycles. The Hall–Kier alpha value is -1.03. The molecule has 1 aromatic carbocycles. The Morgan fingerprint density at radius 3 is 2.85 bits per heavy atom. The first kappa shape index (κ1) is 15.4. The summed E-state index contributed by atoms with van der Waals surface area (Å²) in [5.74, 6) is 0.623. The first-order valence-corrected chi connectivity index (χ1v) is 8.30. The van der Waals surface area contributed by atoms with Gasteiger partial charge >= 0.3 is 0 Å². The minimum Gasteiger partial charge on any atom is -0.493 e. The molecule has 2 unspecified atom stereocenters. The topological polar surface area (TPSA) is 38.3 Å². The van der Waals surface area contributed by atoms with E-state index in [-0.39, 0.29) is 11.9 Å². The summed E-state index contributed by atoms with van der Waals surface area (Å²) in [5.41, 5.74) is 0.623. The Balaban J connectivity index is 2.07. The van der Waals surface area contributed by atoms with Gasteiger partial charge in [0.25, 0.3) is 5.91 Å². The number of amides is 1. The Kier molecular flexibility index (Phi) is 5.89. The molecule has 0 radical (unpaired) electrons. The third-order valence-electron chi connectivity index (χ3n) is 3.68. The molecule has 0 bridgehead atoms. The standard InChI is InChI=1S/C16H22BrNO2/c1-2-20-15-11-7-6-8-12(15)16(19)18-14-10-5-3-4-9-13(14)17/h6-8,11,13-14H,2-5,9-10H2,1H3,(H,18,19). The van der Waals surface area contributed by atoms with Crippen LogP contribution in [0.1, 0.15) is 49.4 Å². The van der Waals surface area contributed by atoms with Crippen LogP contribution in [0.25, 0.3) is 0 Å². The van der Waals surface area contributed by atoms with Gasteiger partial charge in [0.2, 0.25) is 0 Å². The SMILES string of the molecule is CCOc1ccccc1C(=O)NC1CCCCCC1Br. The number of nitrogens with one attached hydrogen (secondary N) is 1. The molecule has 1 amide bonds. The summed E-state index contributed by atoms with van der Waals surface area (Å²) in [4.78, 5) is 12.8. The molecule has 2 atom stereocenters. The quantitative estimate of drug-likeness (QED) is 0.667. The molecule has 1 saturated carbocycles. The summed E-state index contributed by atoms with van der Waals surface area (Å²) < 4.78 is 5.53. The van der Waals surface area contributed by atoms with E-state index < -0.39 is 0 Å². The molecule has 1 fully saturated rings. The van der Waals surface area contributed by atoms with Gasteiger partial charge in [-0.1, -0.05) is 47.3 Å². The van der Waals surface area contributed by atoms with Crippen molar-refractivity contribution in [2.24, 2.45) is 0 Å². The van der Waals surface area contributed by atoms with Crippen molar-refractivity contribution in [1.29, 1.82) is 0 Å². The van der Waals surface area contributed by atoms with Crippen LogP contribution in [0.5, 0.6) is 5.75 Å². The second kappa shape index (κ2) is 7.67. The highest BCUT2D eigenvalue weighted by atomic mass is 79.9. The highest BCUT2D eigenvalue weighted by Gasteiger charge is 2.24. The lowest BCUT2D eigenvalue weighted by molar-refractivity contribution is 0.0931. The van der Waals surface area contributed by atoms with Gasteiger partial charge in [-0.15, -0.1) is 0 Å².